The van der Waals surface area contributed by atoms with E-state index in [1.807, 2.05) is 44.2 Å². The van der Waals surface area contributed by atoms with Gasteiger partial charge in [0.25, 0.3) is 0 Å². The molecule has 1 saturated heterocycles. The molecule has 1 aromatic rings. The Morgan fingerprint density at radius 2 is 1.97 bits per heavy atom. The standard InChI is InChI=1S/C22H32N2O5S/c1-4-29-22(28)17(11-10-16-8-6-5-7-9-16)23-18-13-30-14-19(15(2)3)24(21(18)27)12-20(25)26/h5-9,15,17-19,23H,4,10-14H2,1-3H3,(H,25,26)/t17-,18-,19-/m0/s1. The van der Waals surface area contributed by atoms with Crippen molar-refractivity contribution in [1.82, 2.24) is 10.2 Å². The van der Waals surface area contributed by atoms with Crippen LogP contribution >= 0.6 is 11.8 Å². The van der Waals surface area contributed by atoms with E-state index < -0.39 is 18.1 Å². The van der Waals surface area contributed by atoms with Crippen molar-refractivity contribution in [3.05, 3.63) is 35.9 Å². The molecule has 2 N–H and O–H groups in total. The molecule has 1 amide bonds. The quantitative estimate of drug-likeness (QED) is 0.543. The van der Waals surface area contributed by atoms with Crippen LogP contribution in [0.4, 0.5) is 0 Å². The number of nitrogens with one attached hydrogen (secondary N) is 1. The highest BCUT2D eigenvalue weighted by Crippen LogP contribution is 2.23. The minimum absolute atomic E-state index is 0.137. The number of esters is 1. The number of aryl methyl sites for hydroxylation is 1. The van der Waals surface area contributed by atoms with E-state index >= 15 is 0 Å². The Hall–Kier alpha value is -2.06. The van der Waals surface area contributed by atoms with Gasteiger partial charge in [0.15, 0.2) is 0 Å². The second-order valence-corrected chi connectivity index (χ2v) is 8.83. The summed E-state index contributed by atoms with van der Waals surface area (Å²) in [5.41, 5.74) is 1.10. The molecule has 1 aliphatic rings. The molecule has 166 valence electrons. The Balaban J connectivity index is 2.16. The Labute approximate surface area is 182 Å². The number of carbonyl (C=O) groups excluding carboxylic acids is 2. The van der Waals surface area contributed by atoms with Crippen molar-refractivity contribution in [3.63, 3.8) is 0 Å². The summed E-state index contributed by atoms with van der Waals surface area (Å²) in [5.74, 6) is -0.400. The van der Waals surface area contributed by atoms with Gasteiger partial charge in [-0.25, -0.2) is 0 Å². The topological polar surface area (TPSA) is 95.9 Å². The number of thioether (sulfide) groups is 1. The second-order valence-electron chi connectivity index (χ2n) is 7.76. The van der Waals surface area contributed by atoms with Crippen LogP contribution in [0.1, 0.15) is 32.8 Å². The van der Waals surface area contributed by atoms with Crippen molar-refractivity contribution in [3.8, 4) is 0 Å². The van der Waals surface area contributed by atoms with Gasteiger partial charge in [-0.15, -0.1) is 0 Å². The zero-order chi connectivity index (χ0) is 22.1. The molecule has 1 fully saturated rings. The number of amides is 1. The summed E-state index contributed by atoms with van der Waals surface area (Å²) >= 11 is 1.61. The van der Waals surface area contributed by atoms with Crippen LogP contribution in [0.15, 0.2) is 30.3 Å². The van der Waals surface area contributed by atoms with Crippen LogP contribution in [0.2, 0.25) is 0 Å². The SMILES string of the molecule is CCOC(=O)[C@H](CCc1ccccc1)N[C@H]1CSC[C@@H](C(C)C)N(CC(=O)O)C1=O. The number of carboxylic acid groups (broad SMARTS) is 1. The van der Waals surface area contributed by atoms with E-state index in [4.69, 9.17) is 4.74 Å². The monoisotopic (exact) mass is 436 g/mol. The van der Waals surface area contributed by atoms with Crippen molar-refractivity contribution in [1.29, 1.82) is 0 Å². The summed E-state index contributed by atoms with van der Waals surface area (Å²) in [7, 11) is 0. The number of ether oxygens (including phenoxy) is 1. The first-order valence-electron chi connectivity index (χ1n) is 10.4. The van der Waals surface area contributed by atoms with Gasteiger partial charge in [0.1, 0.15) is 12.6 Å². The number of rotatable bonds is 10. The first-order valence-corrected chi connectivity index (χ1v) is 11.6. The van der Waals surface area contributed by atoms with E-state index in [1.54, 1.807) is 18.7 Å². The lowest BCUT2D eigenvalue weighted by molar-refractivity contribution is -0.149. The fourth-order valence-electron chi connectivity index (χ4n) is 3.55. The zero-order valence-corrected chi connectivity index (χ0v) is 18.7. The molecule has 3 atom stereocenters. The molecule has 0 aliphatic carbocycles. The molecule has 0 spiro atoms. The van der Waals surface area contributed by atoms with Crippen LogP contribution in [-0.4, -0.2) is 70.6 Å². The zero-order valence-electron chi connectivity index (χ0n) is 17.9. The molecular formula is C22H32N2O5S. The maximum Gasteiger partial charge on any atom is 0.323 e. The third-order valence-electron chi connectivity index (χ3n) is 5.17. The van der Waals surface area contributed by atoms with Crippen LogP contribution < -0.4 is 5.32 Å². The average Bonchev–Trinajstić information content (AvgIpc) is 2.85. The molecule has 0 unspecified atom stereocenters. The van der Waals surface area contributed by atoms with Crippen molar-refractivity contribution in [2.75, 3.05) is 24.7 Å². The molecule has 2 rings (SSSR count). The normalized spacial score (nSPS) is 20.7. The molecule has 0 aromatic heterocycles. The van der Waals surface area contributed by atoms with Crippen molar-refractivity contribution in [2.24, 2.45) is 5.92 Å². The van der Waals surface area contributed by atoms with Gasteiger partial charge < -0.3 is 14.7 Å². The predicted molar refractivity (Wildman–Crippen MR) is 117 cm³/mol. The first kappa shape index (κ1) is 24.2. The van der Waals surface area contributed by atoms with Crippen molar-refractivity contribution >= 4 is 29.6 Å². The lowest BCUT2D eigenvalue weighted by Gasteiger charge is -2.33. The lowest BCUT2D eigenvalue weighted by atomic mass is 10.0. The number of carbonyl (C=O) groups is 3. The number of benzene rings is 1. The van der Waals surface area contributed by atoms with Crippen LogP contribution in [0.5, 0.6) is 0 Å². The van der Waals surface area contributed by atoms with Gasteiger partial charge >= 0.3 is 11.9 Å². The van der Waals surface area contributed by atoms with Gasteiger partial charge in [-0.1, -0.05) is 44.2 Å². The van der Waals surface area contributed by atoms with Gasteiger partial charge in [0.05, 0.1) is 12.6 Å². The summed E-state index contributed by atoms with van der Waals surface area (Å²) in [6, 6.07) is 8.40. The van der Waals surface area contributed by atoms with Gasteiger partial charge in [0.2, 0.25) is 5.91 Å². The Bertz CT molecular complexity index is 713. The predicted octanol–water partition coefficient (Wildman–Crippen LogP) is 2.19. The van der Waals surface area contributed by atoms with Gasteiger partial charge in [-0.2, -0.15) is 11.8 Å². The maximum absolute atomic E-state index is 13.2. The van der Waals surface area contributed by atoms with Crippen LogP contribution in [-0.2, 0) is 25.5 Å². The number of carboxylic acids is 1. The molecule has 1 heterocycles. The molecular weight excluding hydrogens is 404 g/mol. The summed E-state index contributed by atoms with van der Waals surface area (Å²) in [5, 5.41) is 12.5. The molecule has 30 heavy (non-hydrogen) atoms. The third kappa shape index (κ3) is 7.02. The lowest BCUT2D eigenvalue weighted by Crippen LogP contribution is -2.56. The van der Waals surface area contributed by atoms with Gasteiger partial charge in [0, 0.05) is 17.5 Å². The van der Waals surface area contributed by atoms with E-state index in [0.717, 1.165) is 5.56 Å². The highest BCUT2D eigenvalue weighted by atomic mass is 32.2. The molecule has 1 aromatic carbocycles. The molecule has 0 radical (unpaired) electrons. The van der Waals surface area contributed by atoms with E-state index in [-0.39, 0.29) is 37.0 Å². The smallest absolute Gasteiger partial charge is 0.323 e. The minimum Gasteiger partial charge on any atom is -0.480 e. The van der Waals surface area contributed by atoms with Crippen molar-refractivity contribution in [2.45, 2.75) is 51.7 Å². The van der Waals surface area contributed by atoms with Crippen LogP contribution in [0.3, 0.4) is 0 Å². The Kier molecular flexibility index (Phi) is 9.65. The number of nitrogens with zero attached hydrogens (tertiary/aromatic N) is 1. The summed E-state index contributed by atoms with van der Waals surface area (Å²) in [4.78, 5) is 38.6. The van der Waals surface area contributed by atoms with E-state index in [1.165, 1.54) is 4.90 Å². The third-order valence-corrected chi connectivity index (χ3v) is 6.31. The van der Waals surface area contributed by atoms with Crippen LogP contribution in [0.25, 0.3) is 0 Å². The maximum atomic E-state index is 13.2. The first-order chi connectivity index (χ1) is 14.3. The fraction of sp³-hybridized carbons (Fsp3) is 0.591. The molecule has 7 nitrogen and oxygen atoms in total. The summed E-state index contributed by atoms with van der Waals surface area (Å²) in [6.07, 6.45) is 1.16. The molecule has 0 saturated carbocycles. The number of hydrogen-bond acceptors (Lipinski definition) is 6. The van der Waals surface area contributed by atoms with Crippen LogP contribution in [0, 0.1) is 5.92 Å². The second kappa shape index (κ2) is 12.0. The largest absolute Gasteiger partial charge is 0.480 e. The summed E-state index contributed by atoms with van der Waals surface area (Å²) < 4.78 is 5.22. The van der Waals surface area contributed by atoms with Crippen molar-refractivity contribution < 1.29 is 24.2 Å². The Morgan fingerprint density at radius 3 is 2.57 bits per heavy atom. The molecule has 0 bridgehead atoms. The molecule has 8 heteroatoms. The van der Waals surface area contributed by atoms with Gasteiger partial charge in [-0.05, 0) is 31.2 Å². The number of hydrogen-bond donors (Lipinski definition) is 2. The highest BCUT2D eigenvalue weighted by Gasteiger charge is 2.37. The van der Waals surface area contributed by atoms with Gasteiger partial charge in [-0.3, -0.25) is 19.7 Å². The molecule has 1 aliphatic heterocycles. The minimum atomic E-state index is -1.04. The number of aliphatic carboxylic acids is 1. The van der Waals surface area contributed by atoms with E-state index in [0.29, 0.717) is 24.3 Å². The highest BCUT2D eigenvalue weighted by molar-refractivity contribution is 7.99. The summed E-state index contributed by atoms with van der Waals surface area (Å²) in [6.45, 7) is 5.65. The Morgan fingerprint density at radius 1 is 1.27 bits per heavy atom. The van der Waals surface area contributed by atoms with E-state index in [2.05, 4.69) is 5.32 Å². The average molecular weight is 437 g/mol. The van der Waals surface area contributed by atoms with E-state index in [9.17, 15) is 19.5 Å². The fourth-order valence-corrected chi connectivity index (χ4v) is 4.97.